The largest absolute Gasteiger partial charge is 0.357 e. The monoisotopic (exact) mass is 409 g/mol. The first kappa shape index (κ1) is 22.0. The number of aryl methyl sites for hydroxylation is 1. The first-order valence-electron chi connectivity index (χ1n) is 11.1. The van der Waals surface area contributed by atoms with E-state index in [0.29, 0.717) is 6.54 Å². The second-order valence-electron chi connectivity index (χ2n) is 7.48. The van der Waals surface area contributed by atoms with Crippen molar-refractivity contribution in [2.45, 2.75) is 33.2 Å². The first-order chi connectivity index (χ1) is 14.8. The summed E-state index contributed by atoms with van der Waals surface area (Å²) in [5.41, 5.74) is 2.68. The number of guanidine groups is 1. The van der Waals surface area contributed by atoms with Gasteiger partial charge in [0, 0.05) is 51.7 Å². The average molecular weight is 410 g/mol. The van der Waals surface area contributed by atoms with Gasteiger partial charge in [0.25, 0.3) is 0 Å². The predicted molar refractivity (Wildman–Crippen MR) is 124 cm³/mol. The number of hydrogen-bond acceptors (Lipinski definition) is 5. The molecule has 3 rings (SSSR count). The second-order valence-corrected chi connectivity index (χ2v) is 7.48. The molecule has 1 aliphatic rings. The lowest BCUT2D eigenvalue weighted by Gasteiger charge is -2.34. The van der Waals surface area contributed by atoms with Gasteiger partial charge in [0.15, 0.2) is 5.96 Å². The molecule has 1 aromatic heterocycles. The summed E-state index contributed by atoms with van der Waals surface area (Å²) in [6.45, 7) is 12.0. The van der Waals surface area contributed by atoms with Gasteiger partial charge in [0.2, 0.25) is 5.95 Å². The number of piperazine rings is 1. The van der Waals surface area contributed by atoms with Crippen LogP contribution in [0.2, 0.25) is 0 Å². The van der Waals surface area contributed by atoms with E-state index in [1.54, 1.807) is 0 Å². The Morgan fingerprint density at radius 1 is 0.967 bits per heavy atom. The molecule has 0 unspecified atom stereocenters. The van der Waals surface area contributed by atoms with Crippen LogP contribution in [0, 0.1) is 0 Å². The van der Waals surface area contributed by atoms with E-state index in [0.717, 1.165) is 70.6 Å². The van der Waals surface area contributed by atoms with E-state index in [4.69, 9.17) is 4.99 Å². The fourth-order valence-electron chi connectivity index (χ4n) is 3.70. The summed E-state index contributed by atoms with van der Waals surface area (Å²) in [5.74, 6) is 1.74. The predicted octanol–water partition coefficient (Wildman–Crippen LogP) is 2.31. The fourth-order valence-corrected chi connectivity index (χ4v) is 3.70. The van der Waals surface area contributed by atoms with E-state index < -0.39 is 0 Å². The van der Waals surface area contributed by atoms with Crippen molar-refractivity contribution in [2.75, 3.05) is 50.7 Å². The summed E-state index contributed by atoms with van der Waals surface area (Å²) in [6, 6.07) is 10.4. The molecule has 0 amide bonds. The van der Waals surface area contributed by atoms with Crippen molar-refractivity contribution in [3.63, 3.8) is 0 Å². The highest BCUT2D eigenvalue weighted by molar-refractivity contribution is 5.79. The maximum atomic E-state index is 4.78. The third-order valence-corrected chi connectivity index (χ3v) is 5.40. The van der Waals surface area contributed by atoms with Crippen molar-refractivity contribution in [3.8, 4) is 0 Å². The van der Waals surface area contributed by atoms with Gasteiger partial charge < -0.3 is 15.5 Å². The normalized spacial score (nSPS) is 15.3. The molecule has 2 aromatic rings. The Bertz CT molecular complexity index is 770. The molecule has 0 bridgehead atoms. The standard InChI is InChI=1S/C23H35N7/c1-3-20-9-5-6-10-21(20)19-28-22(24-4-2)25-13-8-14-29-15-17-30(18-16-29)23-26-11-7-12-27-23/h5-7,9-12H,3-4,8,13-19H2,1-2H3,(H2,24,25,28). The quantitative estimate of drug-likeness (QED) is 0.376. The van der Waals surface area contributed by atoms with Crippen LogP contribution in [-0.2, 0) is 13.0 Å². The van der Waals surface area contributed by atoms with Crippen LogP contribution in [0.15, 0.2) is 47.7 Å². The van der Waals surface area contributed by atoms with Crippen molar-refractivity contribution < 1.29 is 0 Å². The minimum atomic E-state index is 0.711. The molecule has 2 heterocycles. The summed E-state index contributed by atoms with van der Waals surface area (Å²) in [4.78, 5) is 18.3. The number of nitrogens with zero attached hydrogens (tertiary/aromatic N) is 5. The van der Waals surface area contributed by atoms with Gasteiger partial charge in [0.1, 0.15) is 0 Å². The molecule has 0 spiro atoms. The minimum absolute atomic E-state index is 0.711. The van der Waals surface area contributed by atoms with Crippen molar-refractivity contribution in [3.05, 3.63) is 53.9 Å². The molecule has 0 aliphatic carbocycles. The van der Waals surface area contributed by atoms with Crippen LogP contribution < -0.4 is 15.5 Å². The number of rotatable bonds is 9. The van der Waals surface area contributed by atoms with E-state index >= 15 is 0 Å². The molecule has 2 N–H and O–H groups in total. The topological polar surface area (TPSA) is 68.7 Å². The first-order valence-corrected chi connectivity index (χ1v) is 11.1. The molecule has 30 heavy (non-hydrogen) atoms. The third-order valence-electron chi connectivity index (χ3n) is 5.40. The smallest absolute Gasteiger partial charge is 0.225 e. The molecule has 0 saturated carbocycles. The molecule has 0 radical (unpaired) electrons. The van der Waals surface area contributed by atoms with Gasteiger partial charge in [0.05, 0.1) is 6.54 Å². The third kappa shape index (κ3) is 6.69. The zero-order valence-electron chi connectivity index (χ0n) is 18.3. The molecule has 7 heteroatoms. The van der Waals surface area contributed by atoms with Gasteiger partial charge in [-0.15, -0.1) is 0 Å². The summed E-state index contributed by atoms with van der Waals surface area (Å²) in [5, 5.41) is 6.84. The molecule has 162 valence electrons. The molecule has 0 atom stereocenters. The number of aliphatic imine (C=N–C) groups is 1. The van der Waals surface area contributed by atoms with Crippen LogP contribution in [0.5, 0.6) is 0 Å². The average Bonchev–Trinajstić information content (AvgIpc) is 2.81. The maximum Gasteiger partial charge on any atom is 0.225 e. The highest BCUT2D eigenvalue weighted by atomic mass is 15.3. The number of nitrogens with one attached hydrogen (secondary N) is 2. The van der Waals surface area contributed by atoms with Crippen LogP contribution in [0.1, 0.15) is 31.4 Å². The van der Waals surface area contributed by atoms with Gasteiger partial charge in [-0.2, -0.15) is 0 Å². The highest BCUT2D eigenvalue weighted by Crippen LogP contribution is 2.11. The highest BCUT2D eigenvalue weighted by Gasteiger charge is 2.18. The van der Waals surface area contributed by atoms with Crippen molar-refractivity contribution in [1.82, 2.24) is 25.5 Å². The van der Waals surface area contributed by atoms with E-state index in [9.17, 15) is 0 Å². The van der Waals surface area contributed by atoms with Crippen molar-refractivity contribution in [2.24, 2.45) is 4.99 Å². The summed E-state index contributed by atoms with van der Waals surface area (Å²) < 4.78 is 0. The molecular weight excluding hydrogens is 374 g/mol. The Balaban J connectivity index is 1.39. The van der Waals surface area contributed by atoms with Gasteiger partial charge in [-0.25, -0.2) is 15.0 Å². The zero-order valence-corrected chi connectivity index (χ0v) is 18.3. The van der Waals surface area contributed by atoms with Crippen LogP contribution in [-0.4, -0.2) is 66.6 Å². The maximum absolute atomic E-state index is 4.78. The van der Waals surface area contributed by atoms with E-state index in [1.165, 1.54) is 11.1 Å². The lowest BCUT2D eigenvalue weighted by molar-refractivity contribution is 0.254. The van der Waals surface area contributed by atoms with Gasteiger partial charge in [-0.05, 0) is 43.5 Å². The van der Waals surface area contributed by atoms with Crippen molar-refractivity contribution in [1.29, 1.82) is 0 Å². The number of hydrogen-bond donors (Lipinski definition) is 2. The SMILES string of the molecule is CCNC(=NCc1ccccc1CC)NCCCN1CCN(c2ncccn2)CC1. The summed E-state index contributed by atoms with van der Waals surface area (Å²) in [7, 11) is 0. The van der Waals surface area contributed by atoms with Gasteiger partial charge in [-0.1, -0.05) is 31.2 Å². The van der Waals surface area contributed by atoms with Gasteiger partial charge >= 0.3 is 0 Å². The lowest BCUT2D eigenvalue weighted by Crippen LogP contribution is -2.47. The molecule has 1 fully saturated rings. The van der Waals surface area contributed by atoms with E-state index in [-0.39, 0.29) is 0 Å². The van der Waals surface area contributed by atoms with Crippen LogP contribution in [0.3, 0.4) is 0 Å². The molecule has 1 saturated heterocycles. The van der Waals surface area contributed by atoms with Crippen LogP contribution >= 0.6 is 0 Å². The Morgan fingerprint density at radius 3 is 2.40 bits per heavy atom. The molecule has 1 aliphatic heterocycles. The lowest BCUT2D eigenvalue weighted by atomic mass is 10.1. The van der Waals surface area contributed by atoms with Crippen LogP contribution in [0.25, 0.3) is 0 Å². The van der Waals surface area contributed by atoms with E-state index in [2.05, 4.69) is 68.5 Å². The number of aromatic nitrogens is 2. The molecule has 1 aromatic carbocycles. The Kier molecular flexibility index (Phi) is 8.90. The van der Waals surface area contributed by atoms with Crippen LogP contribution in [0.4, 0.5) is 5.95 Å². The number of benzene rings is 1. The van der Waals surface area contributed by atoms with Gasteiger partial charge in [-0.3, -0.25) is 4.90 Å². The van der Waals surface area contributed by atoms with E-state index in [1.807, 2.05) is 18.5 Å². The molecular formula is C23H35N7. The second kappa shape index (κ2) is 12.1. The number of anilines is 1. The Morgan fingerprint density at radius 2 is 1.70 bits per heavy atom. The minimum Gasteiger partial charge on any atom is -0.357 e. The Hall–Kier alpha value is -2.67. The summed E-state index contributed by atoms with van der Waals surface area (Å²) in [6.07, 6.45) is 5.76. The Labute approximate surface area is 180 Å². The fraction of sp³-hybridized carbons (Fsp3) is 0.522. The zero-order chi connectivity index (χ0) is 21.0. The van der Waals surface area contributed by atoms with Crippen molar-refractivity contribution >= 4 is 11.9 Å². The molecule has 7 nitrogen and oxygen atoms in total. The summed E-state index contributed by atoms with van der Waals surface area (Å²) >= 11 is 0.